The first-order chi connectivity index (χ1) is 13.4. The summed E-state index contributed by atoms with van der Waals surface area (Å²) in [7, 11) is 1.35. The van der Waals surface area contributed by atoms with Crippen LogP contribution in [0.5, 0.6) is 0 Å². The van der Waals surface area contributed by atoms with E-state index in [9.17, 15) is 19.5 Å². The van der Waals surface area contributed by atoms with Crippen molar-refractivity contribution in [2.75, 3.05) is 13.9 Å². The van der Waals surface area contributed by atoms with E-state index in [0.29, 0.717) is 18.5 Å². The maximum atomic E-state index is 12.4. The fraction of sp³-hybridized carbons (Fsp3) is 0.429. The third kappa shape index (κ3) is 4.92. The molecule has 0 saturated carbocycles. The number of hydrogen-bond acceptors (Lipinski definition) is 7. The van der Waals surface area contributed by atoms with Crippen LogP contribution in [0.1, 0.15) is 49.9 Å². The van der Waals surface area contributed by atoms with Crippen molar-refractivity contribution in [3.8, 4) is 0 Å². The highest BCUT2D eigenvalue weighted by molar-refractivity contribution is 6.40. The molecule has 0 aliphatic heterocycles. The molecule has 7 nitrogen and oxygen atoms in total. The van der Waals surface area contributed by atoms with Crippen molar-refractivity contribution in [3.05, 3.63) is 41.2 Å². The summed E-state index contributed by atoms with van der Waals surface area (Å²) >= 11 is 0. The van der Waals surface area contributed by atoms with Gasteiger partial charge in [0, 0.05) is 31.7 Å². The van der Waals surface area contributed by atoms with Crippen LogP contribution in [0.4, 0.5) is 5.69 Å². The van der Waals surface area contributed by atoms with Gasteiger partial charge in [0.25, 0.3) is 5.78 Å². The van der Waals surface area contributed by atoms with Crippen LogP contribution in [-0.4, -0.2) is 42.8 Å². The van der Waals surface area contributed by atoms with Crippen LogP contribution in [0.15, 0.2) is 40.6 Å². The monoisotopic (exact) mass is 387 g/mol. The Bertz CT molecular complexity index is 803. The largest absolute Gasteiger partial charge is 0.511 e. The van der Waals surface area contributed by atoms with Crippen molar-refractivity contribution in [2.24, 2.45) is 10.4 Å². The van der Waals surface area contributed by atoms with Gasteiger partial charge in [-0.3, -0.25) is 14.6 Å². The molecule has 7 heteroatoms. The summed E-state index contributed by atoms with van der Waals surface area (Å²) < 4.78 is 9.20. The number of rotatable bonds is 8. The third-order valence-corrected chi connectivity index (χ3v) is 5.15. The average molecular weight is 387 g/mol. The molecule has 0 aromatic heterocycles. The minimum absolute atomic E-state index is 0.0661. The Balaban J connectivity index is 2.11. The quantitative estimate of drug-likeness (QED) is 0.240. The Kier molecular flexibility index (Phi) is 7.23. The SMILES string of the molecule is CCC1(CC)CC(=O)C(C=Nc2ccc(C(=O)C(=O)OCOC)cc2)=C(O)C1. The molecule has 1 aliphatic rings. The first-order valence-corrected chi connectivity index (χ1v) is 9.15. The highest BCUT2D eigenvalue weighted by Gasteiger charge is 2.36. The van der Waals surface area contributed by atoms with Gasteiger partial charge in [-0.05, 0) is 42.5 Å². The molecule has 0 radical (unpaired) electrons. The fourth-order valence-corrected chi connectivity index (χ4v) is 3.14. The van der Waals surface area contributed by atoms with E-state index in [1.807, 2.05) is 13.8 Å². The molecule has 0 amide bonds. The number of carbonyl (C=O) groups excluding carboxylic acids is 3. The van der Waals surface area contributed by atoms with Crippen molar-refractivity contribution in [1.29, 1.82) is 0 Å². The van der Waals surface area contributed by atoms with Gasteiger partial charge in [-0.25, -0.2) is 4.79 Å². The second-order valence-electron chi connectivity index (χ2n) is 6.82. The van der Waals surface area contributed by atoms with Crippen molar-refractivity contribution in [3.63, 3.8) is 0 Å². The van der Waals surface area contributed by atoms with Gasteiger partial charge in [0.1, 0.15) is 5.76 Å². The summed E-state index contributed by atoms with van der Waals surface area (Å²) in [5.74, 6) is -1.84. The molecule has 0 saturated heterocycles. The Morgan fingerprint density at radius 3 is 2.36 bits per heavy atom. The van der Waals surface area contributed by atoms with E-state index in [1.165, 1.54) is 25.5 Å². The van der Waals surface area contributed by atoms with Crippen LogP contribution in [0.2, 0.25) is 0 Å². The second kappa shape index (κ2) is 9.41. The zero-order valence-corrected chi connectivity index (χ0v) is 16.4. The number of Topliss-reactive ketones (excluding diaryl/α,β-unsaturated/α-hetero) is 2. The normalized spacial score (nSPS) is 16.5. The minimum atomic E-state index is -1.00. The van der Waals surface area contributed by atoms with Crippen LogP contribution in [0, 0.1) is 5.41 Å². The number of hydrogen-bond donors (Lipinski definition) is 1. The minimum Gasteiger partial charge on any atom is -0.511 e. The van der Waals surface area contributed by atoms with Crippen LogP contribution in [0.3, 0.4) is 0 Å². The highest BCUT2D eigenvalue weighted by atomic mass is 16.7. The lowest BCUT2D eigenvalue weighted by Crippen LogP contribution is -2.30. The van der Waals surface area contributed by atoms with Gasteiger partial charge < -0.3 is 14.6 Å². The molecule has 1 aliphatic carbocycles. The molecule has 0 heterocycles. The van der Waals surface area contributed by atoms with E-state index >= 15 is 0 Å². The first-order valence-electron chi connectivity index (χ1n) is 9.15. The highest BCUT2D eigenvalue weighted by Crippen LogP contribution is 2.41. The van der Waals surface area contributed by atoms with E-state index < -0.39 is 11.8 Å². The van der Waals surface area contributed by atoms with Crippen molar-refractivity contribution in [1.82, 2.24) is 0 Å². The number of aliphatic hydroxyl groups is 1. The summed E-state index contributed by atoms with van der Waals surface area (Å²) in [4.78, 5) is 40.1. The number of aliphatic hydroxyl groups excluding tert-OH is 1. The van der Waals surface area contributed by atoms with E-state index in [1.54, 1.807) is 12.1 Å². The van der Waals surface area contributed by atoms with Gasteiger partial charge in [0.05, 0.1) is 11.3 Å². The second-order valence-corrected chi connectivity index (χ2v) is 6.82. The molecule has 0 spiro atoms. The lowest BCUT2D eigenvalue weighted by molar-refractivity contribution is -0.148. The van der Waals surface area contributed by atoms with Crippen LogP contribution in [-0.2, 0) is 19.1 Å². The number of esters is 1. The number of nitrogens with zero attached hydrogens (tertiary/aromatic N) is 1. The number of benzene rings is 1. The number of carbonyl (C=O) groups is 3. The Morgan fingerprint density at radius 2 is 1.82 bits per heavy atom. The van der Waals surface area contributed by atoms with Gasteiger partial charge in [-0.2, -0.15) is 0 Å². The maximum Gasteiger partial charge on any atom is 0.381 e. The van der Waals surface area contributed by atoms with Crippen molar-refractivity contribution >= 4 is 29.4 Å². The molecule has 0 bridgehead atoms. The fourth-order valence-electron chi connectivity index (χ4n) is 3.14. The number of aliphatic imine (C=N–C) groups is 1. The van der Waals surface area contributed by atoms with Gasteiger partial charge in [0.15, 0.2) is 12.6 Å². The molecule has 0 fully saturated rings. The molecule has 150 valence electrons. The number of methoxy groups -OCH3 is 1. The predicted octanol–water partition coefficient (Wildman–Crippen LogP) is 3.70. The van der Waals surface area contributed by atoms with Gasteiger partial charge in [0.2, 0.25) is 0 Å². The molecule has 28 heavy (non-hydrogen) atoms. The van der Waals surface area contributed by atoms with Gasteiger partial charge in [-0.1, -0.05) is 13.8 Å². The summed E-state index contributed by atoms with van der Waals surface area (Å²) in [5.41, 5.74) is 0.683. The topological polar surface area (TPSA) is 102 Å². The maximum absolute atomic E-state index is 12.4. The lowest BCUT2D eigenvalue weighted by atomic mass is 9.70. The van der Waals surface area contributed by atoms with Crippen molar-refractivity contribution in [2.45, 2.75) is 39.5 Å². The van der Waals surface area contributed by atoms with Crippen LogP contribution in [0.25, 0.3) is 0 Å². The first kappa shape index (κ1) is 21.5. The Hall–Kier alpha value is -2.80. The standard InChI is InChI=1S/C21H25NO6/c1-4-21(5-2)10-17(23)16(18(24)11-21)12-22-15-8-6-14(7-9-15)19(25)20(26)28-13-27-3/h6-9,12,23H,4-5,10-11,13H2,1-3H3. The molecular formula is C21H25NO6. The Labute approximate surface area is 164 Å². The summed E-state index contributed by atoms with van der Waals surface area (Å²) in [6.07, 6.45) is 3.86. The number of allylic oxidation sites excluding steroid dienone is 2. The van der Waals surface area contributed by atoms with Crippen LogP contribution >= 0.6 is 0 Å². The molecule has 0 unspecified atom stereocenters. The van der Waals surface area contributed by atoms with Crippen molar-refractivity contribution < 1.29 is 29.0 Å². The van der Waals surface area contributed by atoms with Crippen LogP contribution < -0.4 is 0 Å². The van der Waals surface area contributed by atoms with E-state index in [0.717, 1.165) is 12.8 Å². The molecule has 1 aromatic carbocycles. The van der Waals surface area contributed by atoms with Gasteiger partial charge >= 0.3 is 5.97 Å². The van der Waals surface area contributed by atoms with E-state index in [2.05, 4.69) is 14.5 Å². The molecule has 0 atom stereocenters. The lowest BCUT2D eigenvalue weighted by Gasteiger charge is -2.34. The Morgan fingerprint density at radius 1 is 1.18 bits per heavy atom. The van der Waals surface area contributed by atoms with Gasteiger partial charge in [-0.15, -0.1) is 0 Å². The number of ketones is 2. The molecular weight excluding hydrogens is 362 g/mol. The van der Waals surface area contributed by atoms with E-state index in [-0.39, 0.29) is 34.9 Å². The summed E-state index contributed by atoms with van der Waals surface area (Å²) in [6.45, 7) is 3.75. The predicted molar refractivity (Wildman–Crippen MR) is 104 cm³/mol. The smallest absolute Gasteiger partial charge is 0.381 e. The molecule has 2 rings (SSSR count). The zero-order chi connectivity index (χ0) is 20.7. The summed E-state index contributed by atoms with van der Waals surface area (Å²) in [5, 5.41) is 10.3. The zero-order valence-electron chi connectivity index (χ0n) is 16.4. The summed E-state index contributed by atoms with van der Waals surface area (Å²) in [6, 6.07) is 5.97. The van der Waals surface area contributed by atoms with E-state index in [4.69, 9.17) is 0 Å². The number of ether oxygens (including phenoxy) is 2. The molecule has 1 N–H and O–H groups in total. The third-order valence-electron chi connectivity index (χ3n) is 5.15. The molecule has 1 aromatic rings. The average Bonchev–Trinajstić information content (AvgIpc) is 2.71.